The third kappa shape index (κ3) is 4.48. The van der Waals surface area contributed by atoms with Crippen LogP contribution in [0.5, 0.6) is 5.75 Å². The molecule has 2 N–H and O–H groups in total. The van der Waals surface area contributed by atoms with Crippen LogP contribution in [-0.4, -0.2) is 37.9 Å². The molecule has 0 aromatic heterocycles. The monoisotopic (exact) mass is 277 g/mol. The zero-order chi connectivity index (χ0) is 13.5. The zero-order valence-corrected chi connectivity index (χ0v) is 10.5. The van der Waals surface area contributed by atoms with Crippen molar-refractivity contribution in [3.8, 4) is 5.75 Å². The van der Waals surface area contributed by atoms with Gasteiger partial charge in [-0.1, -0.05) is 11.6 Å². The minimum absolute atomic E-state index is 0.0491. The molecule has 0 aliphatic carbocycles. The normalized spacial score (nSPS) is 10.4. The Kier molecular flexibility index (Phi) is 5.84. The molecule has 0 aliphatic heterocycles. The van der Waals surface area contributed by atoms with Crippen LogP contribution in [0.4, 0.5) is 10.1 Å². The molecule has 1 amide bonds. The Balaban J connectivity index is 2.51. The Morgan fingerprint density at radius 2 is 2.22 bits per heavy atom. The number of benzene rings is 1. The maximum Gasteiger partial charge on any atom is 0.250 e. The molecule has 1 aromatic carbocycles. The lowest BCUT2D eigenvalue weighted by Gasteiger charge is -2.08. The van der Waals surface area contributed by atoms with Crippen LogP contribution in [-0.2, 0) is 14.3 Å². The number of amides is 1. The van der Waals surface area contributed by atoms with E-state index in [0.29, 0.717) is 6.61 Å². The Bertz CT molecular complexity index is 428. The summed E-state index contributed by atoms with van der Waals surface area (Å²) in [5.74, 6) is -1.68. The molecule has 0 fully saturated rings. The fraction of sp³-hybridized carbons (Fsp3) is 0.364. The van der Waals surface area contributed by atoms with Gasteiger partial charge < -0.3 is 19.9 Å². The summed E-state index contributed by atoms with van der Waals surface area (Å²) in [4.78, 5) is 11.4. The van der Waals surface area contributed by atoms with E-state index in [4.69, 9.17) is 26.2 Å². The number of hydrogen-bond donors (Lipinski definition) is 2. The van der Waals surface area contributed by atoms with Gasteiger partial charge >= 0.3 is 0 Å². The van der Waals surface area contributed by atoms with Crippen LogP contribution in [0.1, 0.15) is 0 Å². The SMILES string of the molecule is COCCOCC(=O)Nc1cc(Cl)c(O)cc1F. The molecule has 0 unspecified atom stereocenters. The highest BCUT2D eigenvalue weighted by Crippen LogP contribution is 2.28. The molecule has 0 bridgehead atoms. The average Bonchev–Trinajstić information content (AvgIpc) is 2.32. The second-order valence-electron chi connectivity index (χ2n) is 3.38. The quantitative estimate of drug-likeness (QED) is 0.614. The van der Waals surface area contributed by atoms with Gasteiger partial charge in [0.2, 0.25) is 5.91 Å². The number of hydrogen-bond acceptors (Lipinski definition) is 4. The number of rotatable bonds is 6. The number of phenols is 1. The highest BCUT2D eigenvalue weighted by molar-refractivity contribution is 6.32. The molecule has 0 radical (unpaired) electrons. The van der Waals surface area contributed by atoms with E-state index < -0.39 is 11.7 Å². The van der Waals surface area contributed by atoms with Crippen molar-refractivity contribution in [2.45, 2.75) is 0 Å². The Hall–Kier alpha value is -1.37. The van der Waals surface area contributed by atoms with Crippen molar-refractivity contribution in [2.75, 3.05) is 32.2 Å². The fourth-order valence-electron chi connectivity index (χ4n) is 1.13. The van der Waals surface area contributed by atoms with Gasteiger partial charge in [0.05, 0.1) is 23.9 Å². The van der Waals surface area contributed by atoms with Gasteiger partial charge in [-0.2, -0.15) is 0 Å². The van der Waals surface area contributed by atoms with E-state index in [-0.39, 0.29) is 29.7 Å². The van der Waals surface area contributed by atoms with Crippen LogP contribution in [0.3, 0.4) is 0 Å². The van der Waals surface area contributed by atoms with E-state index in [0.717, 1.165) is 12.1 Å². The molecule has 100 valence electrons. The summed E-state index contributed by atoms with van der Waals surface area (Å²) >= 11 is 5.60. The molecular formula is C11H13ClFNO4. The van der Waals surface area contributed by atoms with Crippen LogP contribution in [0, 0.1) is 5.82 Å². The third-order valence-electron chi connectivity index (χ3n) is 1.98. The van der Waals surface area contributed by atoms with Crippen molar-refractivity contribution in [1.29, 1.82) is 0 Å². The molecule has 0 heterocycles. The predicted octanol–water partition coefficient (Wildman–Crippen LogP) is 1.79. The number of anilines is 1. The molecule has 0 atom stereocenters. The highest BCUT2D eigenvalue weighted by atomic mass is 35.5. The molecule has 1 aromatic rings. The standard InChI is InChI=1S/C11H13ClFNO4/c1-17-2-3-18-6-11(16)14-9-4-7(12)10(15)5-8(9)13/h4-5,15H,2-3,6H2,1H3,(H,14,16). The van der Waals surface area contributed by atoms with Gasteiger partial charge in [-0.15, -0.1) is 0 Å². The van der Waals surface area contributed by atoms with Crippen molar-refractivity contribution in [3.05, 3.63) is 23.0 Å². The maximum atomic E-state index is 13.3. The van der Waals surface area contributed by atoms with E-state index in [2.05, 4.69) is 5.32 Å². The summed E-state index contributed by atoms with van der Waals surface area (Å²) in [5.41, 5.74) is -0.113. The smallest absolute Gasteiger partial charge is 0.250 e. The van der Waals surface area contributed by atoms with Gasteiger partial charge in [-0.05, 0) is 6.07 Å². The van der Waals surface area contributed by atoms with E-state index in [1.165, 1.54) is 7.11 Å². The lowest BCUT2D eigenvalue weighted by Crippen LogP contribution is -2.20. The summed E-state index contributed by atoms with van der Waals surface area (Å²) in [5, 5.41) is 11.4. The number of carbonyl (C=O) groups is 1. The predicted molar refractivity (Wildman–Crippen MR) is 64.4 cm³/mol. The molecule has 7 heteroatoms. The number of carbonyl (C=O) groups excluding carboxylic acids is 1. The van der Waals surface area contributed by atoms with Gasteiger partial charge in [-0.3, -0.25) is 4.79 Å². The first-order chi connectivity index (χ1) is 8.54. The van der Waals surface area contributed by atoms with Crippen molar-refractivity contribution >= 4 is 23.2 Å². The van der Waals surface area contributed by atoms with Crippen LogP contribution in [0.15, 0.2) is 12.1 Å². The number of methoxy groups -OCH3 is 1. The molecule has 0 aliphatic rings. The van der Waals surface area contributed by atoms with Gasteiger partial charge in [0.1, 0.15) is 18.2 Å². The van der Waals surface area contributed by atoms with Gasteiger partial charge in [0, 0.05) is 13.2 Å². The number of nitrogens with one attached hydrogen (secondary N) is 1. The number of aromatic hydroxyl groups is 1. The molecule has 5 nitrogen and oxygen atoms in total. The van der Waals surface area contributed by atoms with Gasteiger partial charge in [-0.25, -0.2) is 4.39 Å². The van der Waals surface area contributed by atoms with Crippen LogP contribution >= 0.6 is 11.6 Å². The first kappa shape index (κ1) is 14.7. The third-order valence-corrected chi connectivity index (χ3v) is 2.28. The fourth-order valence-corrected chi connectivity index (χ4v) is 1.29. The largest absolute Gasteiger partial charge is 0.506 e. The van der Waals surface area contributed by atoms with E-state index in [1.807, 2.05) is 0 Å². The van der Waals surface area contributed by atoms with Crippen LogP contribution in [0.2, 0.25) is 5.02 Å². The Morgan fingerprint density at radius 3 is 2.89 bits per heavy atom. The number of phenolic OH excluding ortho intramolecular Hbond substituents is 1. The van der Waals surface area contributed by atoms with Crippen molar-refractivity contribution < 1.29 is 23.8 Å². The number of halogens is 2. The minimum atomic E-state index is -0.776. The Labute approximate surface area is 108 Å². The minimum Gasteiger partial charge on any atom is -0.506 e. The summed E-state index contributed by atoms with van der Waals surface area (Å²) in [6, 6.07) is 1.95. The highest BCUT2D eigenvalue weighted by Gasteiger charge is 2.10. The van der Waals surface area contributed by atoms with Crippen molar-refractivity contribution in [2.24, 2.45) is 0 Å². The second-order valence-corrected chi connectivity index (χ2v) is 3.78. The molecule has 0 saturated heterocycles. The summed E-state index contributed by atoms with van der Waals surface area (Å²) in [6.07, 6.45) is 0. The zero-order valence-electron chi connectivity index (χ0n) is 9.70. The van der Waals surface area contributed by atoms with Crippen molar-refractivity contribution in [3.63, 3.8) is 0 Å². The van der Waals surface area contributed by atoms with E-state index in [1.54, 1.807) is 0 Å². The van der Waals surface area contributed by atoms with E-state index >= 15 is 0 Å². The first-order valence-corrected chi connectivity index (χ1v) is 5.47. The van der Waals surface area contributed by atoms with Gasteiger partial charge in [0.25, 0.3) is 0 Å². The van der Waals surface area contributed by atoms with Crippen LogP contribution < -0.4 is 5.32 Å². The number of ether oxygens (including phenoxy) is 2. The topological polar surface area (TPSA) is 67.8 Å². The first-order valence-electron chi connectivity index (χ1n) is 5.09. The Morgan fingerprint density at radius 1 is 1.50 bits per heavy atom. The van der Waals surface area contributed by atoms with Crippen molar-refractivity contribution in [1.82, 2.24) is 0 Å². The summed E-state index contributed by atoms with van der Waals surface area (Å²) < 4.78 is 23.0. The summed E-state index contributed by atoms with van der Waals surface area (Å²) in [7, 11) is 1.51. The molecular weight excluding hydrogens is 265 g/mol. The molecule has 0 spiro atoms. The van der Waals surface area contributed by atoms with Crippen LogP contribution in [0.25, 0.3) is 0 Å². The van der Waals surface area contributed by atoms with Gasteiger partial charge in [0.15, 0.2) is 0 Å². The molecule has 1 rings (SSSR count). The molecule has 18 heavy (non-hydrogen) atoms. The lowest BCUT2D eigenvalue weighted by molar-refractivity contribution is -0.121. The maximum absolute atomic E-state index is 13.3. The summed E-state index contributed by atoms with van der Waals surface area (Å²) in [6.45, 7) is 0.413. The average molecular weight is 278 g/mol. The van der Waals surface area contributed by atoms with E-state index in [9.17, 15) is 9.18 Å². The second kappa shape index (κ2) is 7.15. The molecule has 0 saturated carbocycles. The lowest BCUT2D eigenvalue weighted by atomic mass is 10.3.